The summed E-state index contributed by atoms with van der Waals surface area (Å²) in [6.07, 6.45) is 6.87. The van der Waals surface area contributed by atoms with Gasteiger partial charge in [0.1, 0.15) is 17.8 Å². The third-order valence-corrected chi connectivity index (χ3v) is 15.9. The predicted molar refractivity (Wildman–Crippen MR) is 180 cm³/mol. The smallest absolute Gasteiger partial charge is 0.421 e. The van der Waals surface area contributed by atoms with Crippen molar-refractivity contribution < 1.29 is 22.7 Å². The molecule has 3 aromatic rings. The molecular weight excluding hydrogens is 607 g/mol. The van der Waals surface area contributed by atoms with Crippen LogP contribution >= 0.6 is 0 Å². The van der Waals surface area contributed by atoms with Crippen LogP contribution < -0.4 is 5.32 Å². The number of aryl methyl sites for hydroxylation is 1. The topological polar surface area (TPSA) is 127 Å². The van der Waals surface area contributed by atoms with Crippen LogP contribution in [0.1, 0.15) is 84.0 Å². The van der Waals surface area contributed by atoms with Gasteiger partial charge in [0.15, 0.2) is 8.32 Å². The summed E-state index contributed by atoms with van der Waals surface area (Å²) >= 11 is 0. The molecule has 45 heavy (non-hydrogen) atoms. The highest BCUT2D eigenvalue weighted by atomic mass is 32.2. The number of carboxylic acid groups (broad SMARTS) is 1. The van der Waals surface area contributed by atoms with Gasteiger partial charge in [-0.1, -0.05) is 51.1 Å². The Hall–Kier alpha value is -3.22. The lowest BCUT2D eigenvalue weighted by molar-refractivity contribution is 0.147. The van der Waals surface area contributed by atoms with Crippen molar-refractivity contribution in [2.24, 2.45) is 5.92 Å². The number of hydrogen-bond donors (Lipinski definition) is 2. The standard InChI is InChI=1S/C33H47N5O5SSi/c1-32(2,3)38(31(39)40)44(41,42)18-16-23-19-24(20-28(23)43-45(7,8)33(4,5)6)37-17-15-26-29(34-21-35-30(26)37)36-27-14-13-22-11-9-10-12-25(22)27/h9-12,15-18,21,23-24,27-28H,13-14,19-20H2,1-8H3,(H,39,40)(H,34,35,36)/b18-16+/t23-,24-,27+,28+/m1/s1. The van der Waals surface area contributed by atoms with Gasteiger partial charge in [-0.05, 0) is 81.8 Å². The van der Waals surface area contributed by atoms with Crippen LogP contribution in [0.2, 0.25) is 18.1 Å². The highest BCUT2D eigenvalue weighted by Gasteiger charge is 2.44. The highest BCUT2D eigenvalue weighted by molar-refractivity contribution is 7.92. The van der Waals surface area contributed by atoms with E-state index in [9.17, 15) is 18.3 Å². The number of nitrogens with one attached hydrogen (secondary N) is 1. The number of amides is 1. The van der Waals surface area contributed by atoms with Crippen LogP contribution in [0.25, 0.3) is 11.0 Å². The van der Waals surface area contributed by atoms with Crippen LogP contribution in [0, 0.1) is 5.92 Å². The molecule has 1 aromatic carbocycles. The molecule has 0 aliphatic heterocycles. The van der Waals surface area contributed by atoms with E-state index in [1.165, 1.54) is 11.1 Å². The fourth-order valence-electron chi connectivity index (χ4n) is 6.42. The highest BCUT2D eigenvalue weighted by Crippen LogP contribution is 2.45. The summed E-state index contributed by atoms with van der Waals surface area (Å²) in [6.45, 7) is 15.6. The number of benzene rings is 1. The van der Waals surface area contributed by atoms with Gasteiger partial charge in [-0.3, -0.25) is 0 Å². The third kappa shape index (κ3) is 6.68. The molecule has 0 unspecified atom stereocenters. The van der Waals surface area contributed by atoms with Gasteiger partial charge in [-0.25, -0.2) is 23.2 Å². The number of rotatable bonds is 8. The first-order chi connectivity index (χ1) is 20.9. The Balaban J connectivity index is 1.45. The van der Waals surface area contributed by atoms with Crippen molar-refractivity contribution in [1.29, 1.82) is 0 Å². The lowest BCUT2D eigenvalue weighted by Gasteiger charge is -2.39. The number of sulfonamides is 1. The summed E-state index contributed by atoms with van der Waals surface area (Å²) in [6, 6.07) is 10.8. The van der Waals surface area contributed by atoms with E-state index in [1.54, 1.807) is 33.2 Å². The second kappa shape index (κ2) is 11.9. The molecule has 1 amide bonds. The van der Waals surface area contributed by atoms with E-state index in [0.717, 1.165) is 35.1 Å². The maximum atomic E-state index is 13.3. The molecule has 2 aliphatic rings. The average molecular weight is 654 g/mol. The molecule has 2 aliphatic carbocycles. The quantitative estimate of drug-likeness (QED) is 0.240. The molecule has 244 valence electrons. The van der Waals surface area contributed by atoms with Gasteiger partial charge in [-0.15, -0.1) is 0 Å². The summed E-state index contributed by atoms with van der Waals surface area (Å²) in [7, 11) is -6.45. The Bertz CT molecular complexity index is 1710. The van der Waals surface area contributed by atoms with Gasteiger partial charge in [0, 0.05) is 23.6 Å². The van der Waals surface area contributed by atoms with Crippen molar-refractivity contribution in [3.63, 3.8) is 0 Å². The molecule has 0 radical (unpaired) electrons. The monoisotopic (exact) mass is 653 g/mol. The van der Waals surface area contributed by atoms with Gasteiger partial charge in [0.05, 0.1) is 23.1 Å². The normalized spacial score (nSPS) is 22.7. The van der Waals surface area contributed by atoms with Gasteiger partial charge < -0.3 is 19.4 Å². The van der Waals surface area contributed by atoms with Crippen molar-refractivity contribution in [2.45, 2.75) is 109 Å². The van der Waals surface area contributed by atoms with Crippen molar-refractivity contribution in [1.82, 2.24) is 18.8 Å². The maximum absolute atomic E-state index is 13.3. The molecule has 12 heteroatoms. The fourth-order valence-corrected chi connectivity index (χ4v) is 9.30. The van der Waals surface area contributed by atoms with E-state index in [4.69, 9.17) is 4.43 Å². The minimum absolute atomic E-state index is 0.00257. The Morgan fingerprint density at radius 3 is 2.49 bits per heavy atom. The molecule has 2 aromatic heterocycles. The van der Waals surface area contributed by atoms with E-state index >= 15 is 0 Å². The molecule has 0 saturated heterocycles. The van der Waals surface area contributed by atoms with Crippen LogP contribution in [0.15, 0.2) is 54.3 Å². The van der Waals surface area contributed by atoms with Crippen molar-refractivity contribution in [3.8, 4) is 0 Å². The van der Waals surface area contributed by atoms with Crippen LogP contribution in [-0.4, -0.2) is 58.4 Å². The zero-order valence-corrected chi connectivity index (χ0v) is 29.4. The number of anilines is 1. The Morgan fingerprint density at radius 1 is 1.11 bits per heavy atom. The lowest BCUT2D eigenvalue weighted by Crippen LogP contribution is -2.48. The first-order valence-electron chi connectivity index (χ1n) is 15.7. The first kappa shape index (κ1) is 33.1. The zero-order chi connectivity index (χ0) is 32.9. The molecule has 2 heterocycles. The van der Waals surface area contributed by atoms with Crippen molar-refractivity contribution >= 4 is 41.3 Å². The zero-order valence-electron chi connectivity index (χ0n) is 27.6. The summed E-state index contributed by atoms with van der Waals surface area (Å²) in [4.78, 5) is 21.2. The van der Waals surface area contributed by atoms with Crippen LogP contribution in [0.5, 0.6) is 0 Å². The molecule has 0 spiro atoms. The molecule has 2 N–H and O–H groups in total. The summed E-state index contributed by atoms with van der Waals surface area (Å²) in [5.41, 5.74) is 2.37. The van der Waals surface area contributed by atoms with Crippen LogP contribution in [0.4, 0.5) is 10.6 Å². The van der Waals surface area contributed by atoms with E-state index in [1.807, 2.05) is 12.3 Å². The number of fused-ring (bicyclic) bond motifs is 2. The van der Waals surface area contributed by atoms with E-state index in [0.29, 0.717) is 17.1 Å². The third-order valence-electron chi connectivity index (χ3n) is 9.66. The molecule has 1 saturated carbocycles. The minimum atomic E-state index is -4.23. The molecule has 10 nitrogen and oxygen atoms in total. The van der Waals surface area contributed by atoms with Gasteiger partial charge in [-0.2, -0.15) is 4.31 Å². The molecule has 1 fully saturated rings. The summed E-state index contributed by atoms with van der Waals surface area (Å²) in [5, 5.41) is 15.4. The second-order valence-electron chi connectivity index (χ2n) is 14.9. The number of hydrogen-bond acceptors (Lipinski definition) is 7. The Kier molecular flexibility index (Phi) is 8.73. The van der Waals surface area contributed by atoms with E-state index in [-0.39, 0.29) is 29.1 Å². The molecule has 4 atom stereocenters. The Labute approximate surface area is 268 Å². The molecule has 5 rings (SSSR count). The number of nitrogens with zero attached hydrogens (tertiary/aromatic N) is 4. The van der Waals surface area contributed by atoms with Gasteiger partial charge >= 0.3 is 6.09 Å². The SMILES string of the molecule is CC(C)(C)N(C(=O)O)S(=O)(=O)/C=C/[C@@H]1C[C@@H](n2ccc3c(N[C@H]4CCc5ccccc54)ncnc32)C[C@@H]1O[Si](C)(C)C(C)(C)C. The predicted octanol–water partition coefficient (Wildman–Crippen LogP) is 7.49. The van der Waals surface area contributed by atoms with Gasteiger partial charge in [0.25, 0.3) is 10.0 Å². The maximum Gasteiger partial charge on any atom is 0.421 e. The van der Waals surface area contributed by atoms with Crippen molar-refractivity contribution in [2.75, 3.05) is 5.32 Å². The summed E-state index contributed by atoms with van der Waals surface area (Å²) < 4.78 is 36.1. The minimum Gasteiger partial charge on any atom is -0.464 e. The average Bonchev–Trinajstić information content (AvgIpc) is 3.63. The van der Waals surface area contributed by atoms with E-state index in [2.05, 4.69) is 78.0 Å². The number of aromatic nitrogens is 3. The lowest BCUT2D eigenvalue weighted by atomic mass is 10.1. The Morgan fingerprint density at radius 2 is 1.82 bits per heavy atom. The first-order valence-corrected chi connectivity index (χ1v) is 20.1. The molecular formula is C33H47N5O5SSi. The largest absolute Gasteiger partial charge is 0.464 e. The van der Waals surface area contributed by atoms with E-state index < -0.39 is 30.0 Å². The molecule has 0 bridgehead atoms. The van der Waals surface area contributed by atoms with Crippen LogP contribution in [-0.2, 0) is 20.9 Å². The summed E-state index contributed by atoms with van der Waals surface area (Å²) in [5.74, 6) is 0.562. The van der Waals surface area contributed by atoms with Gasteiger partial charge in [0.2, 0.25) is 0 Å². The fraction of sp³-hybridized carbons (Fsp3) is 0.545. The second-order valence-corrected chi connectivity index (χ2v) is 21.3. The van der Waals surface area contributed by atoms with Crippen LogP contribution in [0.3, 0.4) is 0 Å². The van der Waals surface area contributed by atoms with Crippen molar-refractivity contribution in [3.05, 3.63) is 65.5 Å². The number of carbonyl (C=O) groups is 1.